The summed E-state index contributed by atoms with van der Waals surface area (Å²) in [5, 5.41) is 3.22. The molecule has 0 amide bonds. The summed E-state index contributed by atoms with van der Waals surface area (Å²) in [5.74, 6) is 3.08. The average Bonchev–Trinajstić information content (AvgIpc) is 2.94. The molecule has 1 aromatic carbocycles. The summed E-state index contributed by atoms with van der Waals surface area (Å²) < 4.78 is 16.6. The molecule has 0 fully saturated rings. The number of nitrogens with one attached hydrogen (secondary N) is 1. The molecule has 1 N–H and O–H groups in total. The maximum absolute atomic E-state index is 5.94. The van der Waals surface area contributed by atoms with E-state index in [4.69, 9.17) is 14.2 Å². The van der Waals surface area contributed by atoms with Crippen molar-refractivity contribution in [3.8, 4) is 17.2 Å². The predicted octanol–water partition coefficient (Wildman–Crippen LogP) is 1.78. The van der Waals surface area contributed by atoms with Crippen LogP contribution in [0.3, 0.4) is 0 Å². The summed E-state index contributed by atoms with van der Waals surface area (Å²) in [5.41, 5.74) is 0.923. The third-order valence-electron chi connectivity index (χ3n) is 3.13. The summed E-state index contributed by atoms with van der Waals surface area (Å²) in [7, 11) is 3.25. The Labute approximate surface area is 113 Å². The van der Waals surface area contributed by atoms with Crippen molar-refractivity contribution in [1.29, 1.82) is 0 Å². The second-order valence-electron chi connectivity index (χ2n) is 4.38. The van der Waals surface area contributed by atoms with Gasteiger partial charge in [0.05, 0.1) is 20.8 Å². The topological polar surface area (TPSA) is 52.1 Å². The van der Waals surface area contributed by atoms with Crippen molar-refractivity contribution in [2.75, 3.05) is 27.3 Å². The maximum atomic E-state index is 5.94. The summed E-state index contributed by atoms with van der Waals surface area (Å²) in [6.07, 6.45) is -0.0979. The number of nitrogens with zero attached hydrogens (tertiary/aromatic N) is 1. The Kier molecular flexibility index (Phi) is 4.14. The molecule has 1 aromatic rings. The van der Waals surface area contributed by atoms with Crippen molar-refractivity contribution in [1.82, 2.24) is 5.32 Å². The summed E-state index contributed by atoms with van der Waals surface area (Å²) in [4.78, 5) is 4.36. The molecule has 0 bridgehead atoms. The highest BCUT2D eigenvalue weighted by Gasteiger charge is 2.18. The molecule has 19 heavy (non-hydrogen) atoms. The number of amidine groups is 1. The fourth-order valence-electron chi connectivity index (χ4n) is 2.13. The molecule has 1 unspecified atom stereocenters. The number of hydrogen-bond donors (Lipinski definition) is 1. The molecule has 2 rings (SSSR count). The van der Waals surface area contributed by atoms with Gasteiger partial charge in [-0.3, -0.25) is 4.99 Å². The Balaban J connectivity index is 2.20. The zero-order valence-electron chi connectivity index (χ0n) is 11.8. The van der Waals surface area contributed by atoms with E-state index < -0.39 is 0 Å². The molecular formula is C14H20N2O3. The smallest absolute Gasteiger partial charge is 0.167 e. The van der Waals surface area contributed by atoms with Gasteiger partial charge in [0.1, 0.15) is 11.6 Å². The van der Waals surface area contributed by atoms with Gasteiger partial charge in [-0.05, 0) is 26.0 Å². The molecule has 5 nitrogen and oxygen atoms in total. The minimum atomic E-state index is -0.0979. The van der Waals surface area contributed by atoms with E-state index in [1.54, 1.807) is 14.2 Å². The van der Waals surface area contributed by atoms with Crippen molar-refractivity contribution in [3.63, 3.8) is 0 Å². The van der Waals surface area contributed by atoms with Crippen LogP contribution >= 0.6 is 0 Å². The Morgan fingerprint density at radius 1 is 1.21 bits per heavy atom. The first-order valence-corrected chi connectivity index (χ1v) is 6.33. The lowest BCUT2D eigenvalue weighted by molar-refractivity contribution is 0.277. The van der Waals surface area contributed by atoms with Gasteiger partial charge in [0, 0.05) is 12.1 Å². The van der Waals surface area contributed by atoms with Crippen molar-refractivity contribution < 1.29 is 14.2 Å². The van der Waals surface area contributed by atoms with Crippen molar-refractivity contribution >= 4 is 5.84 Å². The highest BCUT2D eigenvalue weighted by molar-refractivity contribution is 5.87. The highest BCUT2D eigenvalue weighted by atomic mass is 16.5. The average molecular weight is 264 g/mol. The minimum Gasteiger partial charge on any atom is -0.493 e. The monoisotopic (exact) mass is 264 g/mol. The molecule has 0 radical (unpaired) electrons. The Hall–Kier alpha value is -1.91. The predicted molar refractivity (Wildman–Crippen MR) is 74.7 cm³/mol. The first-order valence-electron chi connectivity index (χ1n) is 6.33. The van der Waals surface area contributed by atoms with E-state index in [1.807, 2.05) is 26.0 Å². The van der Waals surface area contributed by atoms with Crippen molar-refractivity contribution in [2.24, 2.45) is 4.99 Å². The third kappa shape index (κ3) is 2.75. The van der Waals surface area contributed by atoms with Crippen LogP contribution in [0, 0.1) is 6.92 Å². The molecule has 0 saturated heterocycles. The normalized spacial score (nSPS) is 15.5. The van der Waals surface area contributed by atoms with Crippen LogP contribution in [0.25, 0.3) is 0 Å². The van der Waals surface area contributed by atoms with Gasteiger partial charge in [0.2, 0.25) is 0 Å². The van der Waals surface area contributed by atoms with Gasteiger partial charge < -0.3 is 19.5 Å². The van der Waals surface area contributed by atoms with Crippen LogP contribution in [0.15, 0.2) is 17.1 Å². The molecular weight excluding hydrogens is 244 g/mol. The van der Waals surface area contributed by atoms with E-state index in [0.717, 1.165) is 30.2 Å². The number of rotatable bonds is 5. The van der Waals surface area contributed by atoms with Crippen LogP contribution in [0.1, 0.15) is 12.5 Å². The first-order chi connectivity index (χ1) is 9.17. The molecule has 104 valence electrons. The van der Waals surface area contributed by atoms with Crippen LogP contribution in [0.2, 0.25) is 0 Å². The lowest BCUT2D eigenvalue weighted by Crippen LogP contribution is -2.33. The van der Waals surface area contributed by atoms with Gasteiger partial charge in [0.15, 0.2) is 17.6 Å². The largest absolute Gasteiger partial charge is 0.493 e. The van der Waals surface area contributed by atoms with E-state index in [2.05, 4.69) is 10.3 Å². The van der Waals surface area contributed by atoms with E-state index in [1.165, 1.54) is 0 Å². The standard InChI is InChI=1S/C14H20N2O3/c1-9-11(5-6-12(17-3)13(9)18-4)19-10(2)14-15-7-8-16-14/h5-6,10H,7-8H2,1-4H3,(H,15,16). The maximum Gasteiger partial charge on any atom is 0.167 e. The van der Waals surface area contributed by atoms with Crippen molar-refractivity contribution in [3.05, 3.63) is 17.7 Å². The third-order valence-corrected chi connectivity index (χ3v) is 3.13. The molecule has 1 heterocycles. The van der Waals surface area contributed by atoms with Gasteiger partial charge in [-0.25, -0.2) is 0 Å². The number of benzene rings is 1. The van der Waals surface area contributed by atoms with E-state index in [9.17, 15) is 0 Å². The zero-order chi connectivity index (χ0) is 13.8. The molecule has 0 aromatic heterocycles. The molecule has 1 atom stereocenters. The number of methoxy groups -OCH3 is 2. The SMILES string of the molecule is COc1ccc(OC(C)C2=NCCN2)c(C)c1OC. The van der Waals surface area contributed by atoms with Crippen LogP contribution in [0.5, 0.6) is 17.2 Å². The van der Waals surface area contributed by atoms with Gasteiger partial charge >= 0.3 is 0 Å². The zero-order valence-corrected chi connectivity index (χ0v) is 11.8. The lowest BCUT2D eigenvalue weighted by Gasteiger charge is -2.19. The Bertz CT molecular complexity index is 486. The molecule has 0 spiro atoms. The second-order valence-corrected chi connectivity index (χ2v) is 4.38. The molecule has 1 aliphatic rings. The number of aliphatic imine (C=N–C) groups is 1. The summed E-state index contributed by atoms with van der Waals surface area (Å²) in [6.45, 7) is 5.63. The quantitative estimate of drug-likeness (QED) is 0.880. The second kappa shape index (κ2) is 5.82. The molecule has 5 heteroatoms. The van der Waals surface area contributed by atoms with Gasteiger partial charge in [-0.15, -0.1) is 0 Å². The summed E-state index contributed by atoms with van der Waals surface area (Å²) in [6, 6.07) is 3.74. The number of hydrogen-bond acceptors (Lipinski definition) is 5. The fraction of sp³-hybridized carbons (Fsp3) is 0.500. The fourth-order valence-corrected chi connectivity index (χ4v) is 2.13. The first kappa shape index (κ1) is 13.5. The van der Waals surface area contributed by atoms with Crippen LogP contribution < -0.4 is 19.5 Å². The van der Waals surface area contributed by atoms with Crippen LogP contribution in [0.4, 0.5) is 0 Å². The van der Waals surface area contributed by atoms with E-state index in [0.29, 0.717) is 11.5 Å². The van der Waals surface area contributed by atoms with Crippen molar-refractivity contribution in [2.45, 2.75) is 20.0 Å². The molecule has 1 aliphatic heterocycles. The summed E-state index contributed by atoms with van der Waals surface area (Å²) >= 11 is 0. The van der Waals surface area contributed by atoms with Gasteiger partial charge in [-0.1, -0.05) is 0 Å². The van der Waals surface area contributed by atoms with Crippen LogP contribution in [-0.2, 0) is 0 Å². The van der Waals surface area contributed by atoms with Gasteiger partial charge in [-0.2, -0.15) is 0 Å². The Morgan fingerprint density at radius 3 is 2.53 bits per heavy atom. The number of ether oxygens (including phenoxy) is 3. The molecule has 0 saturated carbocycles. The minimum absolute atomic E-state index is 0.0979. The Morgan fingerprint density at radius 2 is 1.95 bits per heavy atom. The van der Waals surface area contributed by atoms with E-state index in [-0.39, 0.29) is 6.10 Å². The van der Waals surface area contributed by atoms with Crippen LogP contribution in [-0.4, -0.2) is 39.2 Å². The lowest BCUT2D eigenvalue weighted by atomic mass is 10.2. The molecule has 0 aliphatic carbocycles. The van der Waals surface area contributed by atoms with E-state index >= 15 is 0 Å². The highest BCUT2D eigenvalue weighted by Crippen LogP contribution is 2.36. The van der Waals surface area contributed by atoms with Gasteiger partial charge in [0.25, 0.3) is 0 Å².